The smallest absolute Gasteiger partial charge is 0.299 e. The normalized spacial score (nSPS) is 15.7. The highest BCUT2D eigenvalue weighted by molar-refractivity contribution is 5.80. The van der Waals surface area contributed by atoms with Gasteiger partial charge in [0.1, 0.15) is 5.78 Å². The number of allylic oxidation sites excluding steroid dienone is 2. The van der Waals surface area contributed by atoms with E-state index in [0.29, 0.717) is 6.42 Å². The molecule has 0 N–H and O–H groups in total. The Morgan fingerprint density at radius 1 is 1.25 bits per heavy atom. The lowest BCUT2D eigenvalue weighted by molar-refractivity contribution is -0.118. The van der Waals surface area contributed by atoms with E-state index in [2.05, 4.69) is 0 Å². The summed E-state index contributed by atoms with van der Waals surface area (Å²) in [6.45, 7) is 6.32. The van der Waals surface area contributed by atoms with E-state index in [9.17, 15) is 18.0 Å². The molecule has 0 aliphatic heterocycles. The molecule has 0 amide bonds. The van der Waals surface area contributed by atoms with Gasteiger partial charge in [-0.2, -0.15) is 13.2 Å². The summed E-state index contributed by atoms with van der Waals surface area (Å²) < 4.78 is 38.4. The van der Waals surface area contributed by atoms with Gasteiger partial charge < -0.3 is 0 Å². The van der Waals surface area contributed by atoms with Crippen molar-refractivity contribution >= 4 is 5.78 Å². The van der Waals surface area contributed by atoms with Crippen LogP contribution in [0.2, 0.25) is 0 Å². The van der Waals surface area contributed by atoms with Crippen molar-refractivity contribution in [3.8, 4) is 0 Å². The van der Waals surface area contributed by atoms with Gasteiger partial charge in [-0.15, -0.1) is 0 Å². The van der Waals surface area contributed by atoms with Crippen molar-refractivity contribution in [2.75, 3.05) is 0 Å². The van der Waals surface area contributed by atoms with Gasteiger partial charge in [0.15, 0.2) is 0 Å². The first-order valence-corrected chi connectivity index (χ1v) is 5.52. The highest BCUT2D eigenvalue weighted by Gasteiger charge is 2.37. The summed E-state index contributed by atoms with van der Waals surface area (Å²) in [5.41, 5.74) is -0.370. The number of ketones is 1. The second-order valence-electron chi connectivity index (χ2n) is 4.07. The lowest BCUT2D eigenvalue weighted by Crippen LogP contribution is -2.20. The second-order valence-corrected chi connectivity index (χ2v) is 4.07. The molecule has 0 radical (unpaired) electrons. The molecule has 0 bridgehead atoms. The van der Waals surface area contributed by atoms with Crippen LogP contribution in [0.3, 0.4) is 0 Å². The molecule has 1 nitrogen and oxygen atoms in total. The van der Waals surface area contributed by atoms with E-state index in [1.165, 1.54) is 6.92 Å². The summed E-state index contributed by atoms with van der Waals surface area (Å²) in [5.74, 6) is -0.702. The molecule has 0 rings (SSSR count). The Morgan fingerprint density at radius 3 is 2.06 bits per heavy atom. The predicted octanol–water partition coefficient (Wildman–Crippen LogP) is 4.28. The predicted molar refractivity (Wildman–Crippen MR) is 58.1 cm³/mol. The standard InChI is InChI=1S/C12H19F3O/c1-5-8(3)11(12(13,14)15)9(4)7-10(16)6-2/h8H,5-7H2,1-4H3/b11-9+/t8-/m0/s1. The molecular weight excluding hydrogens is 217 g/mol. The summed E-state index contributed by atoms with van der Waals surface area (Å²) in [5, 5.41) is 0. The van der Waals surface area contributed by atoms with Gasteiger partial charge in [0.2, 0.25) is 0 Å². The van der Waals surface area contributed by atoms with E-state index in [4.69, 9.17) is 0 Å². The molecule has 94 valence electrons. The zero-order valence-corrected chi connectivity index (χ0v) is 10.2. The fraction of sp³-hybridized carbons (Fsp3) is 0.750. The Hall–Kier alpha value is -0.800. The maximum atomic E-state index is 12.8. The van der Waals surface area contributed by atoms with Crippen molar-refractivity contribution in [1.82, 2.24) is 0 Å². The van der Waals surface area contributed by atoms with E-state index in [1.807, 2.05) is 0 Å². The lowest BCUT2D eigenvalue weighted by Gasteiger charge is -2.20. The van der Waals surface area contributed by atoms with Crippen molar-refractivity contribution in [3.63, 3.8) is 0 Å². The molecule has 0 aromatic carbocycles. The summed E-state index contributed by atoms with van der Waals surface area (Å²) in [4.78, 5) is 11.2. The average Bonchev–Trinajstić information content (AvgIpc) is 2.15. The maximum Gasteiger partial charge on any atom is 0.412 e. The van der Waals surface area contributed by atoms with Crippen LogP contribution >= 0.6 is 0 Å². The number of alkyl halides is 3. The summed E-state index contributed by atoms with van der Waals surface area (Å²) in [6.07, 6.45) is -3.71. The topological polar surface area (TPSA) is 17.1 Å². The van der Waals surface area contributed by atoms with Gasteiger partial charge in [0, 0.05) is 18.4 Å². The van der Waals surface area contributed by atoms with Crippen LogP contribution in [-0.2, 0) is 4.79 Å². The molecule has 0 heterocycles. The highest BCUT2D eigenvalue weighted by Crippen LogP contribution is 2.36. The van der Waals surface area contributed by atoms with Crippen LogP contribution in [-0.4, -0.2) is 12.0 Å². The Kier molecular flexibility index (Phi) is 5.76. The SMILES string of the molecule is CCC(=O)C/C(C)=C(\[C@@H](C)CC)C(F)(F)F. The van der Waals surface area contributed by atoms with E-state index in [0.717, 1.165) is 0 Å². The number of Topliss-reactive ketones (excluding diaryl/α,β-unsaturated/α-hetero) is 1. The Bertz CT molecular complexity index is 276. The highest BCUT2D eigenvalue weighted by atomic mass is 19.4. The first-order valence-electron chi connectivity index (χ1n) is 5.52. The Morgan fingerprint density at radius 2 is 1.75 bits per heavy atom. The van der Waals surface area contributed by atoms with Crippen molar-refractivity contribution in [1.29, 1.82) is 0 Å². The third kappa shape index (κ3) is 4.37. The number of carbonyl (C=O) groups excluding carboxylic acids is 1. The van der Waals surface area contributed by atoms with E-state index >= 15 is 0 Å². The Balaban J connectivity index is 5.14. The molecule has 0 aromatic rings. The van der Waals surface area contributed by atoms with Crippen molar-refractivity contribution < 1.29 is 18.0 Å². The number of hydrogen-bond donors (Lipinski definition) is 0. The zero-order chi connectivity index (χ0) is 12.9. The fourth-order valence-electron chi connectivity index (χ4n) is 1.66. The first-order chi connectivity index (χ1) is 7.23. The van der Waals surface area contributed by atoms with Crippen molar-refractivity contribution in [2.45, 2.75) is 53.1 Å². The zero-order valence-electron chi connectivity index (χ0n) is 10.2. The molecular formula is C12H19F3O. The van der Waals surface area contributed by atoms with Gasteiger partial charge in [-0.25, -0.2) is 0 Å². The number of carbonyl (C=O) groups is 1. The van der Waals surface area contributed by atoms with Crippen molar-refractivity contribution in [2.24, 2.45) is 5.92 Å². The monoisotopic (exact) mass is 236 g/mol. The molecule has 0 unspecified atom stereocenters. The molecule has 0 fully saturated rings. The van der Waals surface area contributed by atoms with Crippen LogP contribution in [0.4, 0.5) is 13.2 Å². The fourth-order valence-corrected chi connectivity index (χ4v) is 1.66. The molecule has 0 aliphatic rings. The van der Waals surface area contributed by atoms with Crippen molar-refractivity contribution in [3.05, 3.63) is 11.1 Å². The second kappa shape index (κ2) is 6.06. The Labute approximate surface area is 94.7 Å². The van der Waals surface area contributed by atoms with Crippen LogP contribution < -0.4 is 0 Å². The maximum absolute atomic E-state index is 12.8. The lowest BCUT2D eigenvalue weighted by atomic mass is 9.91. The van der Waals surface area contributed by atoms with Crippen LogP contribution in [0, 0.1) is 5.92 Å². The third-order valence-corrected chi connectivity index (χ3v) is 2.73. The molecule has 0 aromatic heterocycles. The third-order valence-electron chi connectivity index (χ3n) is 2.73. The van der Waals surface area contributed by atoms with Crippen LogP contribution in [0.25, 0.3) is 0 Å². The van der Waals surface area contributed by atoms with Crippen LogP contribution in [0.15, 0.2) is 11.1 Å². The summed E-state index contributed by atoms with van der Waals surface area (Å²) in [7, 11) is 0. The van der Waals surface area contributed by atoms with Gasteiger partial charge >= 0.3 is 6.18 Å². The average molecular weight is 236 g/mol. The summed E-state index contributed by atoms with van der Waals surface area (Å²) in [6, 6.07) is 0. The molecule has 0 aliphatic carbocycles. The van der Waals surface area contributed by atoms with E-state index < -0.39 is 17.7 Å². The minimum atomic E-state index is -4.33. The van der Waals surface area contributed by atoms with Gasteiger partial charge in [-0.1, -0.05) is 26.3 Å². The molecule has 4 heteroatoms. The summed E-state index contributed by atoms with van der Waals surface area (Å²) >= 11 is 0. The largest absolute Gasteiger partial charge is 0.412 e. The number of halogens is 3. The number of hydrogen-bond acceptors (Lipinski definition) is 1. The first kappa shape index (κ1) is 15.2. The van der Waals surface area contributed by atoms with Gasteiger partial charge in [0.05, 0.1) is 0 Å². The quantitative estimate of drug-likeness (QED) is 0.651. The van der Waals surface area contributed by atoms with Gasteiger partial charge in [0.25, 0.3) is 0 Å². The van der Waals surface area contributed by atoms with Crippen LogP contribution in [0.5, 0.6) is 0 Å². The molecule has 0 spiro atoms. The van der Waals surface area contributed by atoms with E-state index in [-0.39, 0.29) is 24.2 Å². The molecule has 0 saturated heterocycles. The minimum Gasteiger partial charge on any atom is -0.299 e. The number of rotatable bonds is 5. The minimum absolute atomic E-state index is 0.0876. The van der Waals surface area contributed by atoms with Crippen LogP contribution in [0.1, 0.15) is 47.0 Å². The van der Waals surface area contributed by atoms with Gasteiger partial charge in [-0.05, 0) is 19.3 Å². The molecule has 1 atom stereocenters. The molecule has 0 saturated carbocycles. The molecule has 16 heavy (non-hydrogen) atoms. The van der Waals surface area contributed by atoms with Gasteiger partial charge in [-0.3, -0.25) is 4.79 Å². The van der Waals surface area contributed by atoms with E-state index in [1.54, 1.807) is 20.8 Å².